The molecule has 0 aliphatic rings. The lowest BCUT2D eigenvalue weighted by molar-refractivity contribution is 0.102. The normalized spacial score (nSPS) is 11.5. The average molecular weight is 372 g/mol. The van der Waals surface area contributed by atoms with Gasteiger partial charge in [-0.1, -0.05) is 25.3 Å². The van der Waals surface area contributed by atoms with Crippen LogP contribution in [-0.4, -0.2) is 15.5 Å². The molecule has 112 valence electrons. The minimum absolute atomic E-state index is 0.266. The molecular weight excluding hydrogens is 357 g/mol. The first-order chi connectivity index (χ1) is 9.70. The van der Waals surface area contributed by atoms with Crippen LogP contribution in [0.15, 0.2) is 16.6 Å². The van der Waals surface area contributed by atoms with Crippen molar-refractivity contribution in [2.75, 3.05) is 5.32 Å². The van der Waals surface area contributed by atoms with E-state index in [1.54, 1.807) is 13.0 Å². The Hall–Kier alpha value is -1.34. The van der Waals surface area contributed by atoms with Crippen molar-refractivity contribution in [1.82, 2.24) is 9.59 Å². The first kappa shape index (κ1) is 16.0. The van der Waals surface area contributed by atoms with E-state index in [2.05, 4.69) is 30.8 Å². The zero-order valence-electron chi connectivity index (χ0n) is 12.1. The van der Waals surface area contributed by atoms with Gasteiger partial charge in [-0.15, -0.1) is 5.10 Å². The van der Waals surface area contributed by atoms with Crippen molar-refractivity contribution in [3.8, 4) is 0 Å². The van der Waals surface area contributed by atoms with Crippen molar-refractivity contribution in [3.05, 3.63) is 38.6 Å². The number of anilines is 1. The SMILES string of the molecule is Cc1cc(F)c(Br)cc1NC(=O)c1snnc1C(C)(C)C. The lowest BCUT2D eigenvalue weighted by Gasteiger charge is -2.16. The second-order valence-electron chi connectivity index (χ2n) is 5.74. The number of benzene rings is 1. The molecule has 0 spiro atoms. The number of hydrogen-bond donors (Lipinski definition) is 1. The van der Waals surface area contributed by atoms with Gasteiger partial charge in [0, 0.05) is 11.1 Å². The highest BCUT2D eigenvalue weighted by Gasteiger charge is 2.26. The third-order valence-electron chi connectivity index (χ3n) is 2.92. The van der Waals surface area contributed by atoms with E-state index in [1.807, 2.05) is 20.8 Å². The Morgan fingerprint density at radius 2 is 2.05 bits per heavy atom. The van der Waals surface area contributed by atoms with E-state index in [-0.39, 0.29) is 17.1 Å². The number of hydrogen-bond acceptors (Lipinski definition) is 4. The minimum Gasteiger partial charge on any atom is -0.321 e. The van der Waals surface area contributed by atoms with Crippen molar-refractivity contribution in [2.45, 2.75) is 33.1 Å². The molecule has 0 aliphatic carbocycles. The Morgan fingerprint density at radius 1 is 1.38 bits per heavy atom. The highest BCUT2D eigenvalue weighted by Crippen LogP contribution is 2.28. The summed E-state index contributed by atoms with van der Waals surface area (Å²) in [5.41, 5.74) is 1.60. The summed E-state index contributed by atoms with van der Waals surface area (Å²) in [7, 11) is 0. The molecule has 7 heteroatoms. The first-order valence-electron chi connectivity index (χ1n) is 6.30. The third kappa shape index (κ3) is 3.47. The maximum absolute atomic E-state index is 13.4. The molecule has 0 unspecified atom stereocenters. The van der Waals surface area contributed by atoms with Crippen molar-refractivity contribution >= 4 is 39.1 Å². The second-order valence-corrected chi connectivity index (χ2v) is 7.34. The van der Waals surface area contributed by atoms with Crippen LogP contribution in [0.2, 0.25) is 0 Å². The van der Waals surface area contributed by atoms with Gasteiger partial charge >= 0.3 is 0 Å². The van der Waals surface area contributed by atoms with E-state index < -0.39 is 0 Å². The Bertz CT molecular complexity index is 694. The van der Waals surface area contributed by atoms with Gasteiger partial charge in [0.05, 0.1) is 10.2 Å². The summed E-state index contributed by atoms with van der Waals surface area (Å²) >= 11 is 4.17. The molecule has 0 saturated carbocycles. The zero-order chi connectivity index (χ0) is 15.8. The Labute approximate surface area is 135 Å². The van der Waals surface area contributed by atoms with E-state index >= 15 is 0 Å². The van der Waals surface area contributed by atoms with E-state index in [9.17, 15) is 9.18 Å². The largest absolute Gasteiger partial charge is 0.321 e. The molecule has 2 aromatic rings. The predicted octanol–water partition coefficient (Wildman–Crippen LogP) is 4.30. The van der Waals surface area contributed by atoms with Crippen molar-refractivity contribution in [2.24, 2.45) is 0 Å². The van der Waals surface area contributed by atoms with Crippen LogP contribution in [0.25, 0.3) is 0 Å². The molecule has 0 bridgehead atoms. The number of nitrogens with one attached hydrogen (secondary N) is 1. The number of rotatable bonds is 2. The van der Waals surface area contributed by atoms with Crippen LogP contribution in [0, 0.1) is 12.7 Å². The molecule has 0 radical (unpaired) electrons. The number of carbonyl (C=O) groups excluding carboxylic acids is 1. The summed E-state index contributed by atoms with van der Waals surface area (Å²) in [5, 5.41) is 6.83. The Balaban J connectivity index is 2.31. The summed E-state index contributed by atoms with van der Waals surface area (Å²) in [6, 6.07) is 2.92. The maximum Gasteiger partial charge on any atom is 0.269 e. The lowest BCUT2D eigenvalue weighted by atomic mass is 9.91. The molecule has 21 heavy (non-hydrogen) atoms. The van der Waals surface area contributed by atoms with Gasteiger partial charge in [0.15, 0.2) is 0 Å². The van der Waals surface area contributed by atoms with Gasteiger partial charge < -0.3 is 5.32 Å². The van der Waals surface area contributed by atoms with Crippen LogP contribution < -0.4 is 5.32 Å². The standard InChI is InChI=1S/C14H15BrFN3OS/c1-7-5-9(16)8(15)6-10(7)17-13(20)11-12(14(2,3)4)18-19-21-11/h5-6H,1-4H3,(H,17,20). The summed E-state index contributed by atoms with van der Waals surface area (Å²) in [4.78, 5) is 12.9. The monoisotopic (exact) mass is 371 g/mol. The van der Waals surface area contributed by atoms with Gasteiger partial charge in [-0.25, -0.2) is 4.39 Å². The van der Waals surface area contributed by atoms with E-state index in [1.165, 1.54) is 6.07 Å². The van der Waals surface area contributed by atoms with Crippen LogP contribution in [0.1, 0.15) is 41.7 Å². The van der Waals surface area contributed by atoms with E-state index in [4.69, 9.17) is 0 Å². The van der Waals surface area contributed by atoms with Crippen LogP contribution >= 0.6 is 27.5 Å². The topological polar surface area (TPSA) is 54.9 Å². The number of amides is 1. The fourth-order valence-corrected chi connectivity index (χ4v) is 2.91. The summed E-state index contributed by atoms with van der Waals surface area (Å²) in [6.45, 7) is 7.65. The maximum atomic E-state index is 13.4. The molecule has 1 N–H and O–H groups in total. The molecule has 1 aromatic carbocycles. The van der Waals surface area contributed by atoms with E-state index in [0.29, 0.717) is 26.3 Å². The van der Waals surface area contributed by atoms with Crippen LogP contribution in [0.3, 0.4) is 0 Å². The van der Waals surface area contributed by atoms with Crippen molar-refractivity contribution < 1.29 is 9.18 Å². The molecule has 0 fully saturated rings. The molecule has 0 aliphatic heterocycles. The van der Waals surface area contributed by atoms with Crippen molar-refractivity contribution in [3.63, 3.8) is 0 Å². The zero-order valence-corrected chi connectivity index (χ0v) is 14.5. The highest BCUT2D eigenvalue weighted by atomic mass is 79.9. The van der Waals surface area contributed by atoms with Gasteiger partial charge in [-0.2, -0.15) is 0 Å². The van der Waals surface area contributed by atoms with Gasteiger partial charge in [-0.05, 0) is 52.1 Å². The molecule has 0 atom stereocenters. The number of aromatic nitrogens is 2. The number of aryl methyl sites for hydroxylation is 1. The molecule has 1 aromatic heterocycles. The third-order valence-corrected chi connectivity index (χ3v) is 4.25. The average Bonchev–Trinajstić information content (AvgIpc) is 2.85. The van der Waals surface area contributed by atoms with Gasteiger partial charge in [-0.3, -0.25) is 4.79 Å². The summed E-state index contributed by atoms with van der Waals surface area (Å²) < 4.78 is 17.6. The second kappa shape index (κ2) is 5.81. The van der Waals surface area contributed by atoms with Gasteiger partial charge in [0.2, 0.25) is 0 Å². The smallest absolute Gasteiger partial charge is 0.269 e. The molecule has 1 amide bonds. The fraction of sp³-hybridized carbons (Fsp3) is 0.357. The van der Waals surface area contributed by atoms with Crippen molar-refractivity contribution in [1.29, 1.82) is 0 Å². The summed E-state index contributed by atoms with van der Waals surface area (Å²) in [5.74, 6) is -0.642. The number of halogens is 2. The first-order valence-corrected chi connectivity index (χ1v) is 7.86. The predicted molar refractivity (Wildman–Crippen MR) is 85.4 cm³/mol. The minimum atomic E-state index is -0.361. The Kier molecular flexibility index (Phi) is 4.43. The molecule has 0 saturated heterocycles. The van der Waals surface area contributed by atoms with Crippen LogP contribution in [0.4, 0.5) is 10.1 Å². The molecular formula is C14H15BrFN3OS. The highest BCUT2D eigenvalue weighted by molar-refractivity contribution is 9.10. The molecule has 2 rings (SSSR count). The fourth-order valence-electron chi connectivity index (χ4n) is 1.79. The van der Waals surface area contributed by atoms with Crippen LogP contribution in [0.5, 0.6) is 0 Å². The number of nitrogens with zero attached hydrogens (tertiary/aromatic N) is 2. The lowest BCUT2D eigenvalue weighted by Crippen LogP contribution is -2.20. The quantitative estimate of drug-likeness (QED) is 0.855. The number of carbonyl (C=O) groups is 1. The molecule has 4 nitrogen and oxygen atoms in total. The Morgan fingerprint density at radius 3 is 2.67 bits per heavy atom. The summed E-state index contributed by atoms with van der Waals surface area (Å²) in [6.07, 6.45) is 0. The van der Waals surface area contributed by atoms with E-state index in [0.717, 1.165) is 11.5 Å². The van der Waals surface area contributed by atoms with Gasteiger partial charge in [0.25, 0.3) is 5.91 Å². The van der Waals surface area contributed by atoms with Gasteiger partial charge in [0.1, 0.15) is 10.7 Å². The molecule has 1 heterocycles. The van der Waals surface area contributed by atoms with Crippen LogP contribution in [-0.2, 0) is 5.41 Å².